The third kappa shape index (κ3) is 5.41. The molecule has 2 aliphatic rings. The fourth-order valence-electron chi connectivity index (χ4n) is 5.19. The van der Waals surface area contributed by atoms with Crippen molar-refractivity contribution in [2.45, 2.75) is 83.5 Å². The Morgan fingerprint density at radius 2 is 1.87 bits per heavy atom. The number of fused-ring (bicyclic) bond motifs is 2. The molecule has 0 spiro atoms. The van der Waals surface area contributed by atoms with Crippen LogP contribution in [-0.2, 0) is 14.3 Å². The summed E-state index contributed by atoms with van der Waals surface area (Å²) in [5, 5.41) is 3.66. The van der Waals surface area contributed by atoms with Crippen LogP contribution in [-0.4, -0.2) is 80.1 Å². The van der Waals surface area contributed by atoms with Crippen LogP contribution in [0.4, 0.5) is 4.79 Å². The number of likely N-dealkylation sites (N-methyl/N-ethyl adjacent to an activating group) is 1. The van der Waals surface area contributed by atoms with Crippen LogP contribution in [0.2, 0.25) is 0 Å². The van der Waals surface area contributed by atoms with Gasteiger partial charge in [0.05, 0.1) is 10.9 Å². The summed E-state index contributed by atoms with van der Waals surface area (Å²) in [5.74, 6) is -0.200. The normalized spacial score (nSPS) is 23.9. The van der Waals surface area contributed by atoms with Crippen LogP contribution >= 0.6 is 11.8 Å². The monoisotopic (exact) mass is 542 g/mol. The topological polar surface area (TPSA) is 101 Å². The van der Waals surface area contributed by atoms with Gasteiger partial charge in [-0.1, -0.05) is 32.0 Å². The Bertz CT molecular complexity index is 1250. The Kier molecular flexibility index (Phi) is 7.58. The van der Waals surface area contributed by atoms with E-state index in [2.05, 4.69) is 5.32 Å². The second-order valence-corrected chi connectivity index (χ2v) is 13.2. The lowest BCUT2D eigenvalue weighted by atomic mass is 9.84. The maximum absolute atomic E-state index is 14.0. The molecular weight excluding hydrogens is 504 g/mol. The zero-order valence-electron chi connectivity index (χ0n) is 23.2. The van der Waals surface area contributed by atoms with Gasteiger partial charge in [-0.15, -0.1) is 11.8 Å². The molecule has 3 amide bonds. The van der Waals surface area contributed by atoms with Gasteiger partial charge in [0.1, 0.15) is 23.7 Å². The molecule has 0 radical (unpaired) electrons. The molecule has 4 atom stereocenters. The van der Waals surface area contributed by atoms with Crippen molar-refractivity contribution in [3.05, 3.63) is 36.5 Å². The minimum Gasteiger partial charge on any atom is -0.444 e. The number of hydrogen-bond donors (Lipinski definition) is 1. The van der Waals surface area contributed by atoms with Crippen LogP contribution in [0.15, 0.2) is 36.5 Å². The van der Waals surface area contributed by atoms with E-state index in [-0.39, 0.29) is 17.2 Å². The van der Waals surface area contributed by atoms with Crippen LogP contribution in [0.3, 0.4) is 0 Å². The summed E-state index contributed by atoms with van der Waals surface area (Å²) in [6, 6.07) is 7.26. The fraction of sp³-hybridized carbons (Fsp3) is 0.571. The summed E-state index contributed by atoms with van der Waals surface area (Å²) in [6.07, 6.45) is 2.27. The van der Waals surface area contributed by atoms with Gasteiger partial charge in [0, 0.05) is 18.6 Å². The molecule has 38 heavy (non-hydrogen) atoms. The molecule has 2 saturated heterocycles. The Labute approximate surface area is 228 Å². The standard InChI is InChI=1S/C28H38N4O5S/c1-17(30(7)26(36)37-27(2,3)4)23(33)29-19-13-15-38-21-16-28(5,6)22(32(21)24(19)34)25(35)31-14-12-18-10-8-9-11-20(18)31/h8-12,14,17,19,21-22H,13,15-16H2,1-7H3,(H,29,33)/t17-,19?,21-,22-/m0/s1. The number of thioether (sulfide) groups is 1. The zero-order chi connectivity index (χ0) is 28.0. The van der Waals surface area contributed by atoms with Gasteiger partial charge in [-0.25, -0.2) is 4.79 Å². The predicted molar refractivity (Wildman–Crippen MR) is 148 cm³/mol. The number of carbonyl (C=O) groups is 4. The summed E-state index contributed by atoms with van der Waals surface area (Å²) >= 11 is 1.65. The smallest absolute Gasteiger partial charge is 0.410 e. The molecule has 0 aliphatic carbocycles. The average Bonchev–Trinajstić information content (AvgIpc) is 3.34. The van der Waals surface area contributed by atoms with Crippen LogP contribution < -0.4 is 5.32 Å². The van der Waals surface area contributed by atoms with E-state index in [9.17, 15) is 19.2 Å². The molecule has 9 nitrogen and oxygen atoms in total. The first kappa shape index (κ1) is 28.0. The minimum atomic E-state index is -0.844. The Morgan fingerprint density at radius 1 is 1.18 bits per heavy atom. The first-order valence-electron chi connectivity index (χ1n) is 13.0. The van der Waals surface area contributed by atoms with Gasteiger partial charge < -0.3 is 15.0 Å². The van der Waals surface area contributed by atoms with Crippen molar-refractivity contribution < 1.29 is 23.9 Å². The molecule has 206 valence electrons. The maximum atomic E-state index is 14.0. The summed E-state index contributed by atoms with van der Waals surface area (Å²) in [4.78, 5) is 56.4. The van der Waals surface area contributed by atoms with E-state index in [0.29, 0.717) is 18.6 Å². The van der Waals surface area contributed by atoms with Crippen molar-refractivity contribution in [3.8, 4) is 0 Å². The summed E-state index contributed by atoms with van der Waals surface area (Å²) in [6.45, 7) is 10.9. The summed E-state index contributed by atoms with van der Waals surface area (Å²) < 4.78 is 7.01. The van der Waals surface area contributed by atoms with Gasteiger partial charge in [-0.2, -0.15) is 0 Å². The summed E-state index contributed by atoms with van der Waals surface area (Å²) in [5.41, 5.74) is -0.345. The molecule has 1 aromatic carbocycles. The van der Waals surface area contributed by atoms with Gasteiger partial charge in [0.2, 0.25) is 11.8 Å². The largest absolute Gasteiger partial charge is 0.444 e. The molecule has 1 aromatic heterocycles. The highest BCUT2D eigenvalue weighted by molar-refractivity contribution is 7.99. The molecule has 3 heterocycles. The van der Waals surface area contributed by atoms with Crippen LogP contribution in [0.25, 0.3) is 10.9 Å². The van der Waals surface area contributed by atoms with Crippen LogP contribution in [0.1, 0.15) is 59.2 Å². The number of amides is 3. The SMILES string of the molecule is C[C@@H](C(=O)NC1CCS[C@H]2CC(C)(C)[C@H](C(=O)n3ccc4ccccc43)N2C1=O)N(C)C(=O)OC(C)(C)C. The van der Waals surface area contributed by atoms with Crippen molar-refractivity contribution in [1.82, 2.24) is 19.7 Å². The van der Waals surface area contributed by atoms with E-state index in [1.807, 2.05) is 44.2 Å². The van der Waals surface area contributed by atoms with Crippen molar-refractivity contribution >= 4 is 46.5 Å². The predicted octanol–water partition coefficient (Wildman–Crippen LogP) is 4.11. The van der Waals surface area contributed by atoms with Crippen molar-refractivity contribution in [1.29, 1.82) is 0 Å². The number of para-hydroxylation sites is 1. The highest BCUT2D eigenvalue weighted by Gasteiger charge is 2.54. The molecule has 0 bridgehead atoms. The van der Waals surface area contributed by atoms with E-state index < -0.39 is 41.1 Å². The number of nitrogens with zero attached hydrogens (tertiary/aromatic N) is 3. The second-order valence-electron chi connectivity index (χ2n) is 11.9. The molecule has 1 N–H and O–H groups in total. The third-order valence-corrected chi connectivity index (χ3v) is 8.58. The second kappa shape index (κ2) is 10.3. The highest BCUT2D eigenvalue weighted by Crippen LogP contribution is 2.47. The number of hydrogen-bond acceptors (Lipinski definition) is 6. The fourth-order valence-corrected chi connectivity index (χ4v) is 6.77. The van der Waals surface area contributed by atoms with Gasteiger partial charge in [-0.3, -0.25) is 23.9 Å². The number of aromatic nitrogens is 1. The molecule has 2 fully saturated rings. The van der Waals surface area contributed by atoms with E-state index in [0.717, 1.165) is 10.9 Å². The van der Waals surface area contributed by atoms with Gasteiger partial charge in [-0.05, 0) is 63.8 Å². The zero-order valence-corrected chi connectivity index (χ0v) is 24.0. The highest BCUT2D eigenvalue weighted by atomic mass is 32.2. The average molecular weight is 543 g/mol. The number of rotatable bonds is 4. The lowest BCUT2D eigenvalue weighted by molar-refractivity contribution is -0.138. The quantitative estimate of drug-likeness (QED) is 0.624. The molecule has 1 unspecified atom stereocenters. The third-order valence-electron chi connectivity index (χ3n) is 7.33. The lowest BCUT2D eigenvalue weighted by Gasteiger charge is -2.34. The van der Waals surface area contributed by atoms with Gasteiger partial charge in [0.25, 0.3) is 5.91 Å². The minimum absolute atomic E-state index is 0.155. The lowest BCUT2D eigenvalue weighted by Crippen LogP contribution is -2.57. The van der Waals surface area contributed by atoms with Gasteiger partial charge in [0.15, 0.2) is 0 Å². The Morgan fingerprint density at radius 3 is 2.55 bits per heavy atom. The molecule has 2 aliphatic heterocycles. The first-order valence-corrected chi connectivity index (χ1v) is 14.1. The van der Waals surface area contributed by atoms with Crippen molar-refractivity contribution in [2.75, 3.05) is 12.8 Å². The summed E-state index contributed by atoms with van der Waals surface area (Å²) in [7, 11) is 1.50. The molecule has 4 rings (SSSR count). The Balaban J connectivity index is 1.55. The Hall–Kier alpha value is -3.01. The van der Waals surface area contributed by atoms with Crippen molar-refractivity contribution in [3.63, 3.8) is 0 Å². The number of carbonyl (C=O) groups excluding carboxylic acids is 4. The maximum Gasteiger partial charge on any atom is 0.410 e. The number of benzene rings is 1. The van der Waals surface area contributed by atoms with E-state index in [1.165, 1.54) is 11.9 Å². The van der Waals surface area contributed by atoms with Crippen LogP contribution in [0, 0.1) is 5.41 Å². The van der Waals surface area contributed by atoms with Gasteiger partial charge >= 0.3 is 6.09 Å². The molecular formula is C28H38N4O5S. The molecule has 0 saturated carbocycles. The number of ether oxygens (including phenoxy) is 1. The first-order chi connectivity index (χ1) is 17.7. The van der Waals surface area contributed by atoms with E-state index in [1.54, 1.807) is 55.1 Å². The van der Waals surface area contributed by atoms with Crippen LogP contribution in [0.5, 0.6) is 0 Å². The molecule has 2 aromatic rings. The van der Waals surface area contributed by atoms with Crippen molar-refractivity contribution in [2.24, 2.45) is 5.41 Å². The van der Waals surface area contributed by atoms with E-state index in [4.69, 9.17) is 4.74 Å². The molecule has 10 heteroatoms. The number of nitrogens with one attached hydrogen (secondary N) is 1. The van der Waals surface area contributed by atoms with E-state index >= 15 is 0 Å².